The van der Waals surface area contributed by atoms with Crippen LogP contribution in [0.2, 0.25) is 0 Å². The molecule has 0 saturated heterocycles. The average Bonchev–Trinajstić information content (AvgIpc) is 2.74. The lowest BCUT2D eigenvalue weighted by molar-refractivity contribution is -0.136. The lowest BCUT2D eigenvalue weighted by Crippen LogP contribution is -2.41. The molecule has 1 amide bonds. The lowest BCUT2D eigenvalue weighted by atomic mass is 9.93. The molecule has 20 heavy (non-hydrogen) atoms. The maximum Gasteiger partial charge on any atom is 0.252 e. The molecule has 0 radical (unpaired) electrons. The van der Waals surface area contributed by atoms with E-state index >= 15 is 0 Å². The van der Waals surface area contributed by atoms with Crippen LogP contribution >= 0.6 is 12.4 Å². The van der Waals surface area contributed by atoms with Crippen LogP contribution in [0.3, 0.4) is 0 Å². The van der Waals surface area contributed by atoms with Gasteiger partial charge in [0.2, 0.25) is 5.91 Å². The van der Waals surface area contributed by atoms with Crippen LogP contribution < -0.4 is 5.73 Å². The van der Waals surface area contributed by atoms with E-state index in [0.29, 0.717) is 24.8 Å². The van der Waals surface area contributed by atoms with Gasteiger partial charge in [-0.1, -0.05) is 19.0 Å². The number of amides is 1. The van der Waals surface area contributed by atoms with Gasteiger partial charge >= 0.3 is 0 Å². The van der Waals surface area contributed by atoms with Crippen molar-refractivity contribution in [1.29, 1.82) is 0 Å². The van der Waals surface area contributed by atoms with Crippen LogP contribution in [0.4, 0.5) is 0 Å². The molecule has 0 saturated carbocycles. The zero-order valence-corrected chi connectivity index (χ0v) is 13.2. The van der Waals surface area contributed by atoms with E-state index in [-0.39, 0.29) is 36.9 Å². The van der Waals surface area contributed by atoms with Crippen LogP contribution in [0, 0.1) is 12.3 Å². The van der Waals surface area contributed by atoms with Crippen molar-refractivity contribution in [2.24, 2.45) is 11.1 Å². The van der Waals surface area contributed by atoms with E-state index in [2.05, 4.69) is 10.1 Å². The number of aryl methyl sites for hydroxylation is 1. The minimum Gasteiger partial charge on any atom is -0.362 e. The van der Waals surface area contributed by atoms with Crippen LogP contribution in [-0.2, 0) is 16.1 Å². The number of carbonyl (C=O) groups excluding carboxylic acids is 1. The Hall–Kier alpha value is -1.18. The summed E-state index contributed by atoms with van der Waals surface area (Å²) in [7, 11) is 1.74. The van der Waals surface area contributed by atoms with Gasteiger partial charge in [0.15, 0.2) is 5.82 Å². The van der Waals surface area contributed by atoms with Gasteiger partial charge in [0, 0.05) is 13.6 Å². The molecule has 116 valence electrons. The third-order valence-electron chi connectivity index (χ3n) is 2.66. The summed E-state index contributed by atoms with van der Waals surface area (Å²) >= 11 is 0. The van der Waals surface area contributed by atoms with Crippen molar-refractivity contribution in [2.75, 3.05) is 26.7 Å². The molecule has 0 unspecified atom stereocenters. The van der Waals surface area contributed by atoms with Gasteiger partial charge in [-0.3, -0.25) is 4.79 Å². The highest BCUT2D eigenvalue weighted by Crippen LogP contribution is 2.13. The van der Waals surface area contributed by atoms with E-state index in [0.717, 1.165) is 0 Å². The van der Waals surface area contributed by atoms with E-state index in [1.807, 2.05) is 13.8 Å². The Kier molecular flexibility index (Phi) is 7.70. The van der Waals surface area contributed by atoms with Crippen LogP contribution in [-0.4, -0.2) is 47.7 Å². The van der Waals surface area contributed by atoms with E-state index in [4.69, 9.17) is 15.0 Å². The molecule has 7 nitrogen and oxygen atoms in total. The fourth-order valence-electron chi connectivity index (χ4n) is 1.53. The number of aromatic nitrogens is 2. The molecule has 0 aliphatic carbocycles. The van der Waals surface area contributed by atoms with Gasteiger partial charge in [-0.15, -0.1) is 12.4 Å². The molecule has 8 heteroatoms. The molecule has 0 bridgehead atoms. The Morgan fingerprint density at radius 2 is 2.15 bits per heavy atom. The highest BCUT2D eigenvalue weighted by molar-refractivity contribution is 5.85. The largest absolute Gasteiger partial charge is 0.362 e. The first-order chi connectivity index (χ1) is 8.84. The summed E-state index contributed by atoms with van der Waals surface area (Å²) in [6.07, 6.45) is 0. The molecule has 0 spiro atoms. The minimum absolute atomic E-state index is 0. The van der Waals surface area contributed by atoms with Crippen molar-refractivity contribution in [3.05, 3.63) is 11.7 Å². The number of hydrogen-bond donors (Lipinski definition) is 1. The van der Waals surface area contributed by atoms with Gasteiger partial charge in [-0.05, 0) is 18.9 Å². The SMILES string of the molecule is Cc1noc(COCC(=O)N(C)CC(C)(C)CN)n1.Cl. The van der Waals surface area contributed by atoms with Gasteiger partial charge in [0.05, 0.1) is 0 Å². The van der Waals surface area contributed by atoms with Crippen molar-refractivity contribution >= 4 is 18.3 Å². The number of ether oxygens (including phenoxy) is 1. The molecular formula is C12H23ClN4O3. The summed E-state index contributed by atoms with van der Waals surface area (Å²) in [5.41, 5.74) is 5.53. The second-order valence-electron chi connectivity index (χ2n) is 5.35. The Morgan fingerprint density at radius 3 is 2.65 bits per heavy atom. The molecule has 1 aromatic heterocycles. The number of likely N-dealkylation sites (N-methyl/N-ethyl adjacent to an activating group) is 1. The maximum atomic E-state index is 11.8. The molecule has 0 fully saturated rings. The molecule has 1 heterocycles. The fourth-order valence-corrected chi connectivity index (χ4v) is 1.53. The molecular weight excluding hydrogens is 284 g/mol. The first-order valence-electron chi connectivity index (χ1n) is 6.15. The minimum atomic E-state index is -0.103. The molecule has 1 aromatic rings. The van der Waals surface area contributed by atoms with E-state index in [1.54, 1.807) is 18.9 Å². The van der Waals surface area contributed by atoms with Crippen LogP contribution in [0.1, 0.15) is 25.6 Å². The fraction of sp³-hybridized carbons (Fsp3) is 0.750. The highest BCUT2D eigenvalue weighted by Gasteiger charge is 2.21. The van der Waals surface area contributed by atoms with Gasteiger partial charge in [0.25, 0.3) is 5.89 Å². The predicted octanol–water partition coefficient (Wildman–Crippen LogP) is 0.760. The van der Waals surface area contributed by atoms with Gasteiger partial charge in [-0.25, -0.2) is 0 Å². The molecule has 0 atom stereocenters. The van der Waals surface area contributed by atoms with Gasteiger partial charge in [0.1, 0.15) is 13.2 Å². The van der Waals surface area contributed by atoms with Crippen LogP contribution in [0.25, 0.3) is 0 Å². The third-order valence-corrected chi connectivity index (χ3v) is 2.66. The van der Waals surface area contributed by atoms with Crippen LogP contribution in [0.15, 0.2) is 4.52 Å². The van der Waals surface area contributed by atoms with Crippen molar-refractivity contribution < 1.29 is 14.1 Å². The van der Waals surface area contributed by atoms with Gasteiger partial charge < -0.3 is 19.9 Å². The van der Waals surface area contributed by atoms with Crippen molar-refractivity contribution in [3.63, 3.8) is 0 Å². The van der Waals surface area contributed by atoms with Crippen molar-refractivity contribution in [1.82, 2.24) is 15.0 Å². The number of hydrogen-bond acceptors (Lipinski definition) is 6. The summed E-state index contributed by atoms with van der Waals surface area (Å²) in [4.78, 5) is 17.4. The second kappa shape index (κ2) is 8.18. The summed E-state index contributed by atoms with van der Waals surface area (Å²) in [6, 6.07) is 0. The van der Waals surface area contributed by atoms with Gasteiger partial charge in [-0.2, -0.15) is 4.98 Å². The number of nitrogens with two attached hydrogens (primary N) is 1. The summed E-state index contributed by atoms with van der Waals surface area (Å²) < 4.78 is 10.1. The number of rotatable bonds is 7. The smallest absolute Gasteiger partial charge is 0.252 e. The second-order valence-corrected chi connectivity index (χ2v) is 5.35. The quantitative estimate of drug-likeness (QED) is 0.799. The van der Waals surface area contributed by atoms with E-state index in [9.17, 15) is 4.79 Å². The van der Waals surface area contributed by atoms with Crippen LogP contribution in [0.5, 0.6) is 0 Å². The Morgan fingerprint density at radius 1 is 1.50 bits per heavy atom. The van der Waals surface area contributed by atoms with E-state index in [1.165, 1.54) is 0 Å². The van der Waals surface area contributed by atoms with E-state index < -0.39 is 0 Å². The zero-order valence-electron chi connectivity index (χ0n) is 12.4. The van der Waals surface area contributed by atoms with Crippen molar-refractivity contribution in [2.45, 2.75) is 27.4 Å². The standard InChI is InChI=1S/C12H22N4O3.ClH/c1-9-14-10(19-15-9)5-18-6-11(17)16(4)8-12(2,3)7-13;/h5-8,13H2,1-4H3;1H. The molecule has 1 rings (SSSR count). The Labute approximate surface area is 125 Å². The normalized spacial score (nSPS) is 11.1. The lowest BCUT2D eigenvalue weighted by Gasteiger charge is -2.28. The summed E-state index contributed by atoms with van der Waals surface area (Å²) in [5.74, 6) is 0.819. The predicted molar refractivity (Wildman–Crippen MR) is 76.4 cm³/mol. The number of nitrogens with zero attached hydrogens (tertiary/aromatic N) is 3. The number of carbonyl (C=O) groups is 1. The Balaban J connectivity index is 0.00000361. The first kappa shape index (κ1) is 18.8. The molecule has 2 N–H and O–H groups in total. The molecule has 0 aromatic carbocycles. The maximum absolute atomic E-state index is 11.8. The topological polar surface area (TPSA) is 94.5 Å². The number of halogens is 1. The first-order valence-corrected chi connectivity index (χ1v) is 6.15. The molecule has 0 aliphatic heterocycles. The monoisotopic (exact) mass is 306 g/mol. The third kappa shape index (κ3) is 6.31. The average molecular weight is 307 g/mol. The highest BCUT2D eigenvalue weighted by atomic mass is 35.5. The summed E-state index contributed by atoms with van der Waals surface area (Å²) in [6.45, 7) is 6.98. The molecule has 0 aliphatic rings. The zero-order chi connectivity index (χ0) is 14.5. The van der Waals surface area contributed by atoms with Crippen molar-refractivity contribution in [3.8, 4) is 0 Å². The summed E-state index contributed by atoms with van der Waals surface area (Å²) in [5, 5.41) is 3.63. The Bertz CT molecular complexity index is 423.